The van der Waals surface area contributed by atoms with Gasteiger partial charge in [-0.05, 0) is 61.4 Å². The Bertz CT molecular complexity index is 2230. The lowest BCUT2D eigenvalue weighted by Gasteiger charge is -2.23. The predicted octanol–water partition coefficient (Wildman–Crippen LogP) is 8.63. The highest BCUT2D eigenvalue weighted by molar-refractivity contribution is 5.94. The fraction of sp³-hybridized carbons (Fsp3) is 0.143. The highest BCUT2D eigenvalue weighted by Gasteiger charge is 2.34. The molecule has 3 aromatic carbocycles. The van der Waals surface area contributed by atoms with Gasteiger partial charge in [-0.25, -0.2) is 0 Å². The summed E-state index contributed by atoms with van der Waals surface area (Å²) in [7, 11) is 0. The molecule has 2 aliphatic heterocycles. The third kappa shape index (κ3) is 4.21. The molecule has 222 valence electrons. The van der Waals surface area contributed by atoms with Crippen molar-refractivity contribution in [2.75, 3.05) is 0 Å². The normalized spacial score (nSPS) is 13.8. The van der Waals surface area contributed by atoms with Crippen LogP contribution in [0, 0.1) is 13.8 Å². The van der Waals surface area contributed by atoms with E-state index in [1.807, 2.05) is 0 Å². The second-order valence-electron chi connectivity index (χ2n) is 12.7. The van der Waals surface area contributed by atoms with E-state index >= 15 is 0 Å². The number of aromatic amines is 2. The number of H-pyrrole nitrogens is 2. The van der Waals surface area contributed by atoms with E-state index in [1.54, 1.807) is 0 Å². The van der Waals surface area contributed by atoms with Crippen molar-refractivity contribution in [3.63, 3.8) is 0 Å². The number of hydrogen-bond donors (Lipinski definition) is 2. The number of nitrogens with one attached hydrogen (secondary N) is 2. The molecule has 0 atom stereocenters. The van der Waals surface area contributed by atoms with Gasteiger partial charge in [-0.1, -0.05) is 48.5 Å². The average Bonchev–Trinajstić information content (AvgIpc) is 3.59. The van der Waals surface area contributed by atoms with Crippen LogP contribution in [-0.2, 0) is 25.9 Å². The summed E-state index contributed by atoms with van der Waals surface area (Å²) in [5.41, 5.74) is 18.0. The van der Waals surface area contributed by atoms with Crippen molar-refractivity contribution in [3.8, 4) is 22.5 Å². The summed E-state index contributed by atoms with van der Waals surface area (Å²) < 4.78 is 5.04. The molecular formula is C42H36N4+2. The van der Waals surface area contributed by atoms with Crippen molar-refractivity contribution < 1.29 is 9.13 Å². The molecule has 9 rings (SSSR count). The molecule has 2 aliphatic rings. The zero-order valence-corrected chi connectivity index (χ0v) is 26.3. The molecule has 0 spiro atoms. The number of benzene rings is 3. The zero-order chi connectivity index (χ0) is 30.8. The van der Waals surface area contributed by atoms with Crippen LogP contribution in [0.1, 0.15) is 45.0 Å². The van der Waals surface area contributed by atoms with E-state index in [0.717, 1.165) is 25.9 Å². The monoisotopic (exact) mass is 596 g/mol. The summed E-state index contributed by atoms with van der Waals surface area (Å²) in [5.74, 6) is 0. The van der Waals surface area contributed by atoms with Gasteiger partial charge in [0, 0.05) is 93.6 Å². The molecule has 7 aromatic rings. The largest absolute Gasteiger partial charge is 0.358 e. The van der Waals surface area contributed by atoms with Crippen molar-refractivity contribution in [2.45, 2.75) is 39.8 Å². The van der Waals surface area contributed by atoms with E-state index in [0.29, 0.717) is 0 Å². The topological polar surface area (TPSA) is 39.3 Å². The lowest BCUT2D eigenvalue weighted by molar-refractivity contribution is -0.691. The van der Waals surface area contributed by atoms with Crippen LogP contribution >= 0.6 is 0 Å². The zero-order valence-electron chi connectivity index (χ0n) is 26.3. The molecule has 0 unspecified atom stereocenters. The fourth-order valence-corrected chi connectivity index (χ4v) is 7.86. The van der Waals surface area contributed by atoms with E-state index in [4.69, 9.17) is 0 Å². The van der Waals surface area contributed by atoms with Crippen molar-refractivity contribution in [2.24, 2.45) is 0 Å². The van der Waals surface area contributed by atoms with Gasteiger partial charge in [0.2, 0.25) is 22.8 Å². The van der Waals surface area contributed by atoms with Gasteiger partial charge in [-0.15, -0.1) is 0 Å². The standard InChI is InChI=1S/C42H34N4/c1-27-33(35-11-3-5-13-37(35)43-27)21-19-31-9-7-15-39-41-29(23-25-45(31)39)17-18-30-24-26-46-32(10-8-16-40(46)42(30)41)20-22-34-28(2)44-38-14-6-4-12-36(34)38/h3-22H,23-26H2,1-2H3/p+2. The highest BCUT2D eigenvalue weighted by atomic mass is 15.0. The number of para-hydroxylation sites is 2. The summed E-state index contributed by atoms with van der Waals surface area (Å²) in [5, 5.41) is 2.53. The van der Waals surface area contributed by atoms with Gasteiger partial charge in [0.25, 0.3) is 0 Å². The molecule has 0 saturated carbocycles. The molecule has 46 heavy (non-hydrogen) atoms. The third-order valence-electron chi connectivity index (χ3n) is 10.1. The molecule has 2 N–H and O–H groups in total. The number of fused-ring (bicyclic) bond motifs is 9. The Balaban J connectivity index is 1.14. The van der Waals surface area contributed by atoms with Crippen LogP contribution in [0.25, 0.3) is 68.6 Å². The summed E-state index contributed by atoms with van der Waals surface area (Å²) in [6.07, 6.45) is 11.2. The number of hydrogen-bond acceptors (Lipinski definition) is 0. The Morgan fingerprint density at radius 3 is 1.43 bits per heavy atom. The van der Waals surface area contributed by atoms with Crippen LogP contribution < -0.4 is 9.13 Å². The molecule has 4 nitrogen and oxygen atoms in total. The molecule has 6 heterocycles. The number of rotatable bonds is 4. The molecular weight excluding hydrogens is 560 g/mol. The maximum absolute atomic E-state index is 3.55. The van der Waals surface area contributed by atoms with E-state index in [9.17, 15) is 0 Å². The van der Waals surface area contributed by atoms with Crippen molar-refractivity contribution in [1.82, 2.24) is 9.97 Å². The minimum absolute atomic E-state index is 0.973. The van der Waals surface area contributed by atoms with Crippen LogP contribution in [-0.4, -0.2) is 9.97 Å². The number of aromatic nitrogens is 4. The van der Waals surface area contributed by atoms with E-state index in [1.165, 1.54) is 89.4 Å². The molecule has 0 bridgehead atoms. The van der Waals surface area contributed by atoms with Gasteiger partial charge in [-0.2, -0.15) is 9.13 Å². The van der Waals surface area contributed by atoms with Crippen LogP contribution in [0.3, 0.4) is 0 Å². The molecule has 0 saturated heterocycles. The van der Waals surface area contributed by atoms with Crippen molar-refractivity contribution >= 4 is 46.1 Å². The molecule has 0 radical (unpaired) electrons. The first kappa shape index (κ1) is 26.9. The van der Waals surface area contributed by atoms with Crippen LogP contribution in [0.2, 0.25) is 0 Å². The third-order valence-corrected chi connectivity index (χ3v) is 10.1. The van der Waals surface area contributed by atoms with Gasteiger partial charge < -0.3 is 9.97 Å². The Morgan fingerprint density at radius 1 is 0.500 bits per heavy atom. The van der Waals surface area contributed by atoms with Crippen LogP contribution in [0.4, 0.5) is 0 Å². The molecule has 0 fully saturated rings. The number of aryl methyl sites for hydroxylation is 4. The minimum Gasteiger partial charge on any atom is -0.358 e. The summed E-state index contributed by atoms with van der Waals surface area (Å²) in [6, 6.07) is 35.5. The minimum atomic E-state index is 0.973. The van der Waals surface area contributed by atoms with Crippen LogP contribution in [0.15, 0.2) is 97.1 Å². The number of nitrogens with zero attached hydrogens (tertiary/aromatic N) is 2. The molecule has 0 aliphatic carbocycles. The van der Waals surface area contributed by atoms with Gasteiger partial charge in [0.1, 0.15) is 0 Å². The first-order valence-electron chi connectivity index (χ1n) is 16.4. The average molecular weight is 597 g/mol. The molecule has 4 heteroatoms. The first-order chi connectivity index (χ1) is 22.6. The maximum Gasteiger partial charge on any atom is 0.214 e. The van der Waals surface area contributed by atoms with E-state index in [2.05, 4.69) is 154 Å². The molecule has 4 aromatic heterocycles. The van der Waals surface area contributed by atoms with Crippen LogP contribution in [0.5, 0.6) is 0 Å². The fourth-order valence-electron chi connectivity index (χ4n) is 7.86. The van der Waals surface area contributed by atoms with Gasteiger partial charge in [0.05, 0.1) is 11.1 Å². The van der Waals surface area contributed by atoms with E-state index in [-0.39, 0.29) is 0 Å². The summed E-state index contributed by atoms with van der Waals surface area (Å²) >= 11 is 0. The van der Waals surface area contributed by atoms with Gasteiger partial charge >= 0.3 is 0 Å². The second kappa shape index (κ2) is 10.6. The lowest BCUT2D eigenvalue weighted by atomic mass is 9.85. The smallest absolute Gasteiger partial charge is 0.214 e. The molecule has 0 amide bonds. The van der Waals surface area contributed by atoms with Crippen molar-refractivity contribution in [1.29, 1.82) is 0 Å². The highest BCUT2D eigenvalue weighted by Crippen LogP contribution is 2.39. The van der Waals surface area contributed by atoms with Gasteiger partial charge in [-0.3, -0.25) is 0 Å². The summed E-state index contributed by atoms with van der Waals surface area (Å²) in [6.45, 7) is 6.27. The maximum atomic E-state index is 3.55. The van der Waals surface area contributed by atoms with E-state index < -0.39 is 0 Å². The second-order valence-corrected chi connectivity index (χ2v) is 12.7. The lowest BCUT2D eigenvalue weighted by Crippen LogP contribution is -2.45. The first-order valence-corrected chi connectivity index (χ1v) is 16.4. The Kier molecular flexibility index (Phi) is 6.17. The Labute approximate surface area is 269 Å². The Morgan fingerprint density at radius 2 is 0.957 bits per heavy atom. The quantitative estimate of drug-likeness (QED) is 0.191. The van der Waals surface area contributed by atoms with Crippen molar-refractivity contribution in [3.05, 3.63) is 142 Å². The Hall–Kier alpha value is -5.48. The SMILES string of the molecule is Cc1[nH]c2ccccc2c1/C=C/c1cccc2[n+]1CCc1ccc3c(c1-2)-c1cccc(/C=C/c2c(C)[nH]c4ccccc24)[n+]1CC3. The van der Waals surface area contributed by atoms with Gasteiger partial charge in [0.15, 0.2) is 13.1 Å². The number of pyridine rings is 2. The summed E-state index contributed by atoms with van der Waals surface area (Å²) in [4.78, 5) is 7.09. The predicted molar refractivity (Wildman–Crippen MR) is 189 cm³/mol.